The predicted octanol–water partition coefficient (Wildman–Crippen LogP) is 4.25. The Morgan fingerprint density at radius 2 is 1.73 bits per heavy atom. The fraction of sp³-hybridized carbons (Fsp3) is 0.421. The SMILES string of the molecule is CC1(C)OB(C2C=CC(C(=O)Nc3c(F)cccc3F)=CC2)OC1(C)C. The average Bonchev–Trinajstić information content (AvgIpc) is 2.79. The van der Waals surface area contributed by atoms with Gasteiger partial charge in [0.05, 0.1) is 11.2 Å². The second kappa shape index (κ2) is 6.63. The molecule has 3 rings (SSSR count). The lowest BCUT2D eigenvalue weighted by Crippen LogP contribution is -2.41. The standard InChI is InChI=1S/C19H22BF2NO3/c1-18(2)19(3,4)26-20(25-18)13-10-8-12(9-11-13)17(24)23-16-14(21)6-5-7-15(16)22/h5-10,13H,11H2,1-4H3,(H,23,24). The van der Waals surface area contributed by atoms with Gasteiger partial charge in [-0.2, -0.15) is 0 Å². The van der Waals surface area contributed by atoms with Gasteiger partial charge in [-0.3, -0.25) is 4.79 Å². The van der Waals surface area contributed by atoms with Crippen LogP contribution in [0.2, 0.25) is 5.82 Å². The number of allylic oxidation sites excluding steroid dienone is 2. The van der Waals surface area contributed by atoms with Crippen molar-refractivity contribution in [1.82, 2.24) is 0 Å². The summed E-state index contributed by atoms with van der Waals surface area (Å²) in [7, 11) is -0.402. The first-order chi connectivity index (χ1) is 12.1. The minimum Gasteiger partial charge on any atom is -0.403 e. The average molecular weight is 361 g/mol. The van der Waals surface area contributed by atoms with Crippen molar-refractivity contribution >= 4 is 18.7 Å². The maximum absolute atomic E-state index is 13.7. The molecule has 26 heavy (non-hydrogen) atoms. The molecule has 1 atom stereocenters. The highest BCUT2D eigenvalue weighted by atomic mass is 19.1. The number of anilines is 1. The van der Waals surface area contributed by atoms with E-state index in [0.717, 1.165) is 12.1 Å². The van der Waals surface area contributed by atoms with E-state index in [4.69, 9.17) is 9.31 Å². The molecule has 138 valence electrons. The molecule has 1 N–H and O–H groups in total. The first-order valence-electron chi connectivity index (χ1n) is 8.60. The van der Waals surface area contributed by atoms with Crippen LogP contribution in [0.4, 0.5) is 14.5 Å². The highest BCUT2D eigenvalue weighted by molar-refractivity contribution is 6.48. The van der Waals surface area contributed by atoms with Crippen molar-refractivity contribution in [3.05, 3.63) is 53.6 Å². The number of nitrogens with one attached hydrogen (secondary N) is 1. The molecular formula is C19H22BF2NO3. The minimum atomic E-state index is -0.811. The minimum absolute atomic E-state index is 0.0298. The summed E-state index contributed by atoms with van der Waals surface area (Å²) < 4.78 is 39.4. The van der Waals surface area contributed by atoms with Crippen LogP contribution in [0.15, 0.2) is 42.0 Å². The largest absolute Gasteiger partial charge is 0.465 e. The van der Waals surface area contributed by atoms with E-state index in [0.29, 0.717) is 12.0 Å². The highest BCUT2D eigenvalue weighted by Crippen LogP contribution is 2.42. The quantitative estimate of drug-likeness (QED) is 0.819. The number of hydrogen-bond donors (Lipinski definition) is 1. The molecule has 7 heteroatoms. The first kappa shape index (κ1) is 18.8. The molecule has 1 amide bonds. The summed E-state index contributed by atoms with van der Waals surface area (Å²) in [6.07, 6.45) is 5.74. The molecule has 0 spiro atoms. The van der Waals surface area contributed by atoms with Crippen LogP contribution in [0.25, 0.3) is 0 Å². The Hall–Kier alpha value is -1.99. The fourth-order valence-corrected chi connectivity index (χ4v) is 2.87. The lowest BCUT2D eigenvalue weighted by atomic mass is 9.68. The molecule has 1 aliphatic heterocycles. The van der Waals surface area contributed by atoms with Gasteiger partial charge in [-0.25, -0.2) is 8.78 Å². The van der Waals surface area contributed by atoms with Crippen LogP contribution in [0, 0.1) is 11.6 Å². The van der Waals surface area contributed by atoms with Gasteiger partial charge in [0, 0.05) is 11.4 Å². The zero-order valence-electron chi connectivity index (χ0n) is 15.3. The van der Waals surface area contributed by atoms with Gasteiger partial charge in [-0.1, -0.05) is 24.3 Å². The topological polar surface area (TPSA) is 47.6 Å². The van der Waals surface area contributed by atoms with Gasteiger partial charge >= 0.3 is 7.12 Å². The highest BCUT2D eigenvalue weighted by Gasteiger charge is 2.53. The third-order valence-corrected chi connectivity index (χ3v) is 5.22. The summed E-state index contributed by atoms with van der Waals surface area (Å²) in [5.74, 6) is -2.21. The maximum atomic E-state index is 13.7. The number of hydrogen-bond acceptors (Lipinski definition) is 3. The van der Waals surface area contributed by atoms with E-state index in [1.54, 1.807) is 12.2 Å². The summed E-state index contributed by atoms with van der Waals surface area (Å²) in [5, 5.41) is 2.29. The van der Waals surface area contributed by atoms with Crippen LogP contribution >= 0.6 is 0 Å². The second-order valence-corrected chi connectivity index (χ2v) is 7.59. The van der Waals surface area contributed by atoms with E-state index in [1.807, 2.05) is 33.8 Å². The molecule has 1 saturated heterocycles. The molecular weight excluding hydrogens is 339 g/mol. The molecule has 0 aromatic heterocycles. The molecule has 1 heterocycles. The van der Waals surface area contributed by atoms with E-state index in [1.165, 1.54) is 6.07 Å². The lowest BCUT2D eigenvalue weighted by molar-refractivity contribution is -0.112. The summed E-state index contributed by atoms with van der Waals surface area (Å²) in [5.41, 5.74) is -0.940. The summed E-state index contributed by atoms with van der Waals surface area (Å²) in [6.45, 7) is 7.93. The van der Waals surface area contributed by atoms with E-state index in [-0.39, 0.29) is 5.82 Å². The Morgan fingerprint density at radius 3 is 2.23 bits per heavy atom. The van der Waals surface area contributed by atoms with Crippen molar-refractivity contribution in [3.8, 4) is 0 Å². The molecule has 0 bridgehead atoms. The number of carbonyl (C=O) groups excluding carboxylic acids is 1. The summed E-state index contributed by atoms with van der Waals surface area (Å²) in [6, 6.07) is 3.44. The first-order valence-corrected chi connectivity index (χ1v) is 8.60. The van der Waals surface area contributed by atoms with Crippen molar-refractivity contribution < 1.29 is 22.9 Å². The van der Waals surface area contributed by atoms with E-state index < -0.39 is 41.5 Å². The second-order valence-electron chi connectivity index (χ2n) is 7.59. The lowest BCUT2D eigenvalue weighted by Gasteiger charge is -2.32. The van der Waals surface area contributed by atoms with Gasteiger partial charge in [0.25, 0.3) is 5.91 Å². The van der Waals surface area contributed by atoms with Gasteiger partial charge in [0.2, 0.25) is 0 Å². The molecule has 2 aliphatic rings. The molecule has 0 saturated carbocycles. The van der Waals surface area contributed by atoms with Crippen molar-refractivity contribution in [2.75, 3.05) is 5.32 Å². The molecule has 1 aromatic rings. The number of rotatable bonds is 3. The monoisotopic (exact) mass is 361 g/mol. The van der Waals surface area contributed by atoms with Crippen molar-refractivity contribution in [2.45, 2.75) is 51.1 Å². The maximum Gasteiger partial charge on any atom is 0.465 e. The molecule has 0 radical (unpaired) electrons. The third-order valence-electron chi connectivity index (χ3n) is 5.22. The molecule has 1 aromatic carbocycles. The summed E-state index contributed by atoms with van der Waals surface area (Å²) in [4.78, 5) is 12.3. The van der Waals surface area contributed by atoms with Crippen LogP contribution in [0.5, 0.6) is 0 Å². The predicted molar refractivity (Wildman–Crippen MR) is 96.7 cm³/mol. The summed E-state index contributed by atoms with van der Waals surface area (Å²) >= 11 is 0. The van der Waals surface area contributed by atoms with Crippen molar-refractivity contribution in [3.63, 3.8) is 0 Å². The van der Waals surface area contributed by atoms with Crippen LogP contribution < -0.4 is 5.32 Å². The van der Waals surface area contributed by atoms with Crippen LogP contribution in [-0.2, 0) is 14.1 Å². The Bertz CT molecular complexity index is 753. The van der Waals surface area contributed by atoms with E-state index in [9.17, 15) is 13.6 Å². The normalized spacial score (nSPS) is 23.7. The van der Waals surface area contributed by atoms with Crippen LogP contribution in [-0.4, -0.2) is 24.2 Å². The number of para-hydroxylation sites is 1. The van der Waals surface area contributed by atoms with E-state index >= 15 is 0 Å². The fourth-order valence-electron chi connectivity index (χ4n) is 2.87. The molecule has 4 nitrogen and oxygen atoms in total. The van der Waals surface area contributed by atoms with E-state index in [2.05, 4.69) is 5.32 Å². The third kappa shape index (κ3) is 3.46. The van der Waals surface area contributed by atoms with Crippen molar-refractivity contribution in [1.29, 1.82) is 0 Å². The molecule has 1 fully saturated rings. The van der Waals surface area contributed by atoms with Crippen LogP contribution in [0.3, 0.4) is 0 Å². The Balaban J connectivity index is 1.65. The van der Waals surface area contributed by atoms with Crippen LogP contribution in [0.1, 0.15) is 34.1 Å². The smallest absolute Gasteiger partial charge is 0.403 e. The number of amides is 1. The van der Waals surface area contributed by atoms with Gasteiger partial charge < -0.3 is 14.6 Å². The van der Waals surface area contributed by atoms with Gasteiger partial charge in [0.1, 0.15) is 17.3 Å². The van der Waals surface area contributed by atoms with Crippen molar-refractivity contribution in [2.24, 2.45) is 0 Å². The molecule has 1 aliphatic carbocycles. The van der Waals surface area contributed by atoms with Gasteiger partial charge in [-0.05, 0) is 46.2 Å². The molecule has 1 unspecified atom stereocenters. The Morgan fingerprint density at radius 1 is 1.15 bits per heavy atom. The van der Waals surface area contributed by atoms with Gasteiger partial charge in [-0.15, -0.1) is 0 Å². The number of carbonyl (C=O) groups is 1. The Kier molecular flexibility index (Phi) is 4.79. The van der Waals surface area contributed by atoms with Gasteiger partial charge in [0.15, 0.2) is 0 Å². The number of benzene rings is 1. The number of halogens is 2. The Labute approximate surface area is 152 Å². The zero-order chi connectivity index (χ0) is 19.1. The zero-order valence-corrected chi connectivity index (χ0v) is 15.3.